The fourth-order valence-electron chi connectivity index (χ4n) is 1.31. The molecule has 0 aliphatic carbocycles. The SMILES string of the molecule is CNS(=O)(=O)c1ccc(NCc2nn[nH]n2)cc1. The zero-order valence-corrected chi connectivity index (χ0v) is 10.4. The molecule has 0 spiro atoms. The molecular weight excluding hydrogens is 256 g/mol. The van der Waals surface area contributed by atoms with Crippen LogP contribution in [-0.2, 0) is 16.6 Å². The number of sulfonamides is 1. The molecule has 0 unspecified atom stereocenters. The number of H-pyrrole nitrogens is 1. The predicted octanol–water partition coefficient (Wildman–Crippen LogP) is -0.280. The van der Waals surface area contributed by atoms with Gasteiger partial charge in [0, 0.05) is 5.69 Å². The van der Waals surface area contributed by atoms with Crippen molar-refractivity contribution in [2.45, 2.75) is 11.4 Å². The Morgan fingerprint density at radius 3 is 2.56 bits per heavy atom. The Morgan fingerprint density at radius 1 is 1.28 bits per heavy atom. The van der Waals surface area contributed by atoms with E-state index >= 15 is 0 Å². The van der Waals surface area contributed by atoms with Crippen LogP contribution in [-0.4, -0.2) is 36.1 Å². The molecule has 9 heteroatoms. The van der Waals surface area contributed by atoms with Crippen molar-refractivity contribution in [3.63, 3.8) is 0 Å². The van der Waals surface area contributed by atoms with Gasteiger partial charge in [-0.3, -0.25) is 0 Å². The molecule has 0 radical (unpaired) electrons. The quantitative estimate of drug-likeness (QED) is 0.687. The third kappa shape index (κ3) is 2.81. The van der Waals surface area contributed by atoms with Gasteiger partial charge in [-0.1, -0.05) is 5.21 Å². The van der Waals surface area contributed by atoms with E-state index in [1.54, 1.807) is 12.1 Å². The second kappa shape index (κ2) is 5.10. The van der Waals surface area contributed by atoms with Crippen LogP contribution < -0.4 is 10.0 Å². The lowest BCUT2D eigenvalue weighted by molar-refractivity contribution is 0.588. The summed E-state index contributed by atoms with van der Waals surface area (Å²) in [7, 11) is -2.02. The summed E-state index contributed by atoms with van der Waals surface area (Å²) in [6.45, 7) is 0.411. The Balaban J connectivity index is 2.04. The highest BCUT2D eigenvalue weighted by atomic mass is 32.2. The van der Waals surface area contributed by atoms with E-state index in [1.807, 2.05) is 0 Å². The van der Waals surface area contributed by atoms with Crippen molar-refractivity contribution in [3.8, 4) is 0 Å². The number of aromatic nitrogens is 4. The summed E-state index contributed by atoms with van der Waals surface area (Å²) in [5.74, 6) is 0.530. The number of rotatable bonds is 5. The van der Waals surface area contributed by atoms with Gasteiger partial charge in [0.1, 0.15) is 0 Å². The molecule has 2 rings (SSSR count). The fourth-order valence-corrected chi connectivity index (χ4v) is 2.04. The molecule has 18 heavy (non-hydrogen) atoms. The lowest BCUT2D eigenvalue weighted by Crippen LogP contribution is -2.18. The first kappa shape index (κ1) is 12.5. The Morgan fingerprint density at radius 2 is 2.00 bits per heavy atom. The van der Waals surface area contributed by atoms with Crippen LogP contribution >= 0.6 is 0 Å². The lowest BCUT2D eigenvalue weighted by Gasteiger charge is -2.05. The number of benzene rings is 1. The predicted molar refractivity (Wildman–Crippen MR) is 64.2 cm³/mol. The third-order valence-electron chi connectivity index (χ3n) is 2.27. The largest absolute Gasteiger partial charge is 0.378 e. The van der Waals surface area contributed by atoms with Gasteiger partial charge in [0.05, 0.1) is 11.4 Å². The smallest absolute Gasteiger partial charge is 0.240 e. The van der Waals surface area contributed by atoms with Gasteiger partial charge in [0.2, 0.25) is 10.0 Å². The van der Waals surface area contributed by atoms with Crippen LogP contribution in [0.25, 0.3) is 0 Å². The third-order valence-corrected chi connectivity index (χ3v) is 3.70. The second-order valence-electron chi connectivity index (χ2n) is 3.41. The van der Waals surface area contributed by atoms with Crippen molar-refractivity contribution in [1.29, 1.82) is 0 Å². The minimum atomic E-state index is -3.39. The number of tetrazole rings is 1. The molecule has 0 atom stereocenters. The van der Waals surface area contributed by atoms with Crippen molar-refractivity contribution >= 4 is 15.7 Å². The van der Waals surface area contributed by atoms with E-state index in [-0.39, 0.29) is 4.90 Å². The molecule has 2 aromatic rings. The first-order valence-electron chi connectivity index (χ1n) is 5.11. The summed E-state index contributed by atoms with van der Waals surface area (Å²) >= 11 is 0. The normalized spacial score (nSPS) is 11.4. The van der Waals surface area contributed by atoms with Crippen LogP contribution in [0.3, 0.4) is 0 Å². The van der Waals surface area contributed by atoms with Crippen molar-refractivity contribution in [1.82, 2.24) is 25.3 Å². The number of nitrogens with one attached hydrogen (secondary N) is 3. The number of hydrogen-bond acceptors (Lipinski definition) is 6. The van der Waals surface area contributed by atoms with Gasteiger partial charge in [0.15, 0.2) is 5.82 Å². The highest BCUT2D eigenvalue weighted by Crippen LogP contribution is 2.13. The molecule has 0 aliphatic rings. The standard InChI is InChI=1S/C9H12N6O2S/c1-10-18(16,17)8-4-2-7(3-5-8)11-6-9-12-14-15-13-9/h2-5,10-11H,6H2,1H3,(H,12,13,14,15). The summed E-state index contributed by atoms with van der Waals surface area (Å²) in [6.07, 6.45) is 0. The molecule has 1 heterocycles. The molecule has 3 N–H and O–H groups in total. The van der Waals surface area contributed by atoms with Gasteiger partial charge in [-0.2, -0.15) is 5.21 Å². The van der Waals surface area contributed by atoms with E-state index in [0.29, 0.717) is 12.4 Å². The molecule has 0 bridgehead atoms. The van der Waals surface area contributed by atoms with Crippen molar-refractivity contribution in [2.24, 2.45) is 0 Å². The average Bonchev–Trinajstić information content (AvgIpc) is 2.90. The average molecular weight is 268 g/mol. The Bertz CT molecular complexity index is 592. The maximum atomic E-state index is 11.5. The van der Waals surface area contributed by atoms with Crippen LogP contribution in [0.5, 0.6) is 0 Å². The van der Waals surface area contributed by atoms with Gasteiger partial charge in [-0.05, 0) is 31.3 Å². The summed E-state index contributed by atoms with van der Waals surface area (Å²) in [6, 6.07) is 6.38. The van der Waals surface area contributed by atoms with Gasteiger partial charge in [0.25, 0.3) is 0 Å². The summed E-state index contributed by atoms with van der Waals surface area (Å²) in [4.78, 5) is 0.218. The number of aromatic amines is 1. The lowest BCUT2D eigenvalue weighted by atomic mass is 10.3. The maximum Gasteiger partial charge on any atom is 0.240 e. The molecule has 0 saturated heterocycles. The van der Waals surface area contributed by atoms with Crippen LogP contribution in [0.15, 0.2) is 29.2 Å². The van der Waals surface area contributed by atoms with Crippen molar-refractivity contribution < 1.29 is 8.42 Å². The minimum absolute atomic E-state index is 0.218. The van der Waals surface area contributed by atoms with E-state index in [1.165, 1.54) is 19.2 Å². The zero-order chi connectivity index (χ0) is 13.0. The fraction of sp³-hybridized carbons (Fsp3) is 0.222. The highest BCUT2D eigenvalue weighted by molar-refractivity contribution is 7.89. The Labute approximate surface area is 104 Å². The molecule has 1 aromatic heterocycles. The van der Waals surface area contributed by atoms with E-state index in [4.69, 9.17) is 0 Å². The van der Waals surface area contributed by atoms with Gasteiger partial charge < -0.3 is 5.32 Å². The number of hydrogen-bond donors (Lipinski definition) is 3. The second-order valence-corrected chi connectivity index (χ2v) is 5.30. The van der Waals surface area contributed by atoms with Gasteiger partial charge in [-0.25, -0.2) is 13.1 Å². The topological polar surface area (TPSA) is 113 Å². The molecule has 0 saturated carbocycles. The molecule has 0 fully saturated rings. The molecule has 1 aromatic carbocycles. The van der Waals surface area contributed by atoms with Crippen LogP contribution in [0.4, 0.5) is 5.69 Å². The van der Waals surface area contributed by atoms with Crippen molar-refractivity contribution in [3.05, 3.63) is 30.1 Å². The Hall–Kier alpha value is -2.00. The van der Waals surface area contributed by atoms with E-state index in [2.05, 4.69) is 30.7 Å². The molecule has 0 amide bonds. The summed E-state index contributed by atoms with van der Waals surface area (Å²) in [5, 5.41) is 16.4. The van der Waals surface area contributed by atoms with E-state index in [0.717, 1.165) is 5.69 Å². The van der Waals surface area contributed by atoms with Crippen LogP contribution in [0.1, 0.15) is 5.82 Å². The molecule has 0 aliphatic heterocycles. The minimum Gasteiger partial charge on any atom is -0.378 e. The van der Waals surface area contributed by atoms with Crippen LogP contribution in [0.2, 0.25) is 0 Å². The number of nitrogens with zero attached hydrogens (tertiary/aromatic N) is 3. The highest BCUT2D eigenvalue weighted by Gasteiger charge is 2.10. The van der Waals surface area contributed by atoms with Gasteiger partial charge >= 0.3 is 0 Å². The molecular formula is C9H12N6O2S. The van der Waals surface area contributed by atoms with Crippen molar-refractivity contribution in [2.75, 3.05) is 12.4 Å². The first-order chi connectivity index (χ1) is 8.62. The maximum absolute atomic E-state index is 11.5. The van der Waals surface area contributed by atoms with E-state index < -0.39 is 10.0 Å². The van der Waals surface area contributed by atoms with Gasteiger partial charge in [-0.15, -0.1) is 10.2 Å². The van der Waals surface area contributed by atoms with E-state index in [9.17, 15) is 8.42 Å². The monoisotopic (exact) mass is 268 g/mol. The molecule has 8 nitrogen and oxygen atoms in total. The molecule has 96 valence electrons. The summed E-state index contributed by atoms with van der Waals surface area (Å²) < 4.78 is 25.2. The number of anilines is 1. The van der Waals surface area contributed by atoms with Crippen LogP contribution in [0, 0.1) is 0 Å². The first-order valence-corrected chi connectivity index (χ1v) is 6.60. The Kier molecular flexibility index (Phi) is 3.53. The zero-order valence-electron chi connectivity index (χ0n) is 9.58. The summed E-state index contributed by atoms with van der Waals surface area (Å²) in [5.41, 5.74) is 0.773.